The van der Waals surface area contributed by atoms with Crippen LogP contribution in [0.3, 0.4) is 0 Å². The first-order chi connectivity index (χ1) is 13.5. The number of hydrogen-bond donors (Lipinski definition) is 3. The second-order valence-corrected chi connectivity index (χ2v) is 6.69. The van der Waals surface area contributed by atoms with Crippen molar-refractivity contribution in [3.05, 3.63) is 45.7 Å². The van der Waals surface area contributed by atoms with Crippen LogP contribution in [0, 0.1) is 6.92 Å². The van der Waals surface area contributed by atoms with Gasteiger partial charge in [-0.25, -0.2) is 0 Å². The zero-order valence-electron chi connectivity index (χ0n) is 15.3. The molecule has 0 spiro atoms. The molecule has 0 radical (unpaired) electrons. The van der Waals surface area contributed by atoms with Gasteiger partial charge >= 0.3 is 0 Å². The minimum atomic E-state index is -0.334. The number of carbonyl (C=O) groups excluding carboxylic acids is 3. The van der Waals surface area contributed by atoms with E-state index in [4.69, 9.17) is 21.1 Å². The third-order valence-corrected chi connectivity index (χ3v) is 4.44. The third-order valence-electron chi connectivity index (χ3n) is 4.15. The van der Waals surface area contributed by atoms with Crippen molar-refractivity contribution in [2.75, 3.05) is 31.7 Å². The van der Waals surface area contributed by atoms with E-state index >= 15 is 0 Å². The molecule has 1 aliphatic heterocycles. The number of aryl methyl sites for hydroxylation is 1. The highest BCUT2D eigenvalue weighted by molar-refractivity contribution is 6.32. The number of H-pyrrole nitrogens is 1. The Morgan fingerprint density at radius 2 is 2.11 bits per heavy atom. The Morgan fingerprint density at radius 1 is 1.29 bits per heavy atom. The van der Waals surface area contributed by atoms with E-state index in [1.807, 2.05) is 0 Å². The van der Waals surface area contributed by atoms with Crippen molar-refractivity contribution in [2.45, 2.75) is 13.3 Å². The molecular formula is C19H20ClN3O5. The smallest absolute Gasteiger partial charge is 0.253 e. The summed E-state index contributed by atoms with van der Waals surface area (Å²) < 4.78 is 11.0. The third kappa shape index (κ3) is 4.71. The molecule has 0 saturated heterocycles. The summed E-state index contributed by atoms with van der Waals surface area (Å²) in [6.45, 7) is 2.96. The first-order valence-electron chi connectivity index (χ1n) is 8.73. The predicted molar refractivity (Wildman–Crippen MR) is 103 cm³/mol. The lowest BCUT2D eigenvalue weighted by atomic mass is 10.1. The van der Waals surface area contributed by atoms with Gasteiger partial charge in [0.25, 0.3) is 5.91 Å². The number of halogens is 1. The van der Waals surface area contributed by atoms with Crippen LogP contribution < -0.4 is 15.4 Å². The standard InChI is InChI=1S/C19H20ClN3O5/c1-11-6-13(16(10-24)22-11)19(26)21-2-3-27-4-5-28-17-7-12-8-18(25)23-15(12)9-14(17)20/h6-7,9-10,22H,2-5,8H2,1H3,(H,21,26)(H,23,25). The molecule has 3 rings (SSSR count). The van der Waals surface area contributed by atoms with Gasteiger partial charge in [-0.2, -0.15) is 0 Å². The van der Waals surface area contributed by atoms with Crippen LogP contribution >= 0.6 is 11.6 Å². The largest absolute Gasteiger partial charge is 0.490 e. The van der Waals surface area contributed by atoms with Crippen molar-refractivity contribution in [2.24, 2.45) is 0 Å². The van der Waals surface area contributed by atoms with Gasteiger partial charge < -0.3 is 25.1 Å². The fraction of sp³-hybridized carbons (Fsp3) is 0.316. The Labute approximate surface area is 166 Å². The van der Waals surface area contributed by atoms with E-state index < -0.39 is 0 Å². The molecule has 0 fully saturated rings. The summed E-state index contributed by atoms with van der Waals surface area (Å²) in [5, 5.41) is 5.84. The maximum atomic E-state index is 12.1. The number of fused-ring (bicyclic) bond motifs is 1. The number of anilines is 1. The Morgan fingerprint density at radius 3 is 2.89 bits per heavy atom. The number of aromatic nitrogens is 1. The van der Waals surface area contributed by atoms with Crippen LogP contribution in [0.4, 0.5) is 5.69 Å². The first kappa shape index (κ1) is 19.9. The average molecular weight is 406 g/mol. The minimum Gasteiger partial charge on any atom is -0.490 e. The number of amides is 2. The van der Waals surface area contributed by atoms with Gasteiger partial charge in [-0.15, -0.1) is 0 Å². The van der Waals surface area contributed by atoms with Crippen LogP contribution in [0.5, 0.6) is 5.75 Å². The second-order valence-electron chi connectivity index (χ2n) is 6.28. The van der Waals surface area contributed by atoms with E-state index in [1.165, 1.54) is 0 Å². The van der Waals surface area contributed by atoms with E-state index in [-0.39, 0.29) is 24.1 Å². The van der Waals surface area contributed by atoms with E-state index in [0.29, 0.717) is 54.5 Å². The summed E-state index contributed by atoms with van der Waals surface area (Å²) in [6, 6.07) is 5.04. The Kier molecular flexibility index (Phi) is 6.33. The highest BCUT2D eigenvalue weighted by Crippen LogP contribution is 2.34. The van der Waals surface area contributed by atoms with Gasteiger partial charge in [0.2, 0.25) is 5.91 Å². The number of benzene rings is 1. The molecule has 0 saturated carbocycles. The molecular weight excluding hydrogens is 386 g/mol. The lowest BCUT2D eigenvalue weighted by Crippen LogP contribution is -2.28. The molecule has 9 heteroatoms. The summed E-state index contributed by atoms with van der Waals surface area (Å²) in [5.74, 6) is 0.0982. The molecule has 2 amide bonds. The van der Waals surface area contributed by atoms with E-state index in [2.05, 4.69) is 15.6 Å². The summed E-state index contributed by atoms with van der Waals surface area (Å²) in [4.78, 5) is 37.2. The van der Waals surface area contributed by atoms with Crippen LogP contribution in [-0.4, -0.2) is 49.4 Å². The summed E-state index contributed by atoms with van der Waals surface area (Å²) in [6.07, 6.45) is 0.928. The zero-order chi connectivity index (χ0) is 20.1. The lowest BCUT2D eigenvalue weighted by molar-refractivity contribution is -0.115. The SMILES string of the molecule is Cc1cc(C(=O)NCCOCCOc2cc3c(cc2Cl)NC(=O)C3)c(C=O)[nH]1. The highest BCUT2D eigenvalue weighted by Gasteiger charge is 2.20. The van der Waals surface area contributed by atoms with Gasteiger partial charge in [0.15, 0.2) is 6.29 Å². The fourth-order valence-corrected chi connectivity index (χ4v) is 3.09. The number of carbonyl (C=O) groups is 3. The van der Waals surface area contributed by atoms with E-state index in [0.717, 1.165) is 11.3 Å². The summed E-state index contributed by atoms with van der Waals surface area (Å²) in [7, 11) is 0. The van der Waals surface area contributed by atoms with Crippen LogP contribution in [-0.2, 0) is 16.0 Å². The van der Waals surface area contributed by atoms with Gasteiger partial charge in [-0.3, -0.25) is 14.4 Å². The monoisotopic (exact) mass is 405 g/mol. The number of aromatic amines is 1. The molecule has 148 valence electrons. The predicted octanol–water partition coefficient (Wildman–Crippen LogP) is 2.11. The summed E-state index contributed by atoms with van der Waals surface area (Å²) >= 11 is 6.15. The fourth-order valence-electron chi connectivity index (χ4n) is 2.87. The molecule has 1 aromatic heterocycles. The molecule has 1 aromatic carbocycles. The molecule has 8 nitrogen and oxygen atoms in total. The van der Waals surface area contributed by atoms with Crippen molar-refractivity contribution in [3.63, 3.8) is 0 Å². The van der Waals surface area contributed by atoms with E-state index in [9.17, 15) is 14.4 Å². The number of nitrogens with one attached hydrogen (secondary N) is 3. The molecule has 1 aliphatic rings. The van der Waals surface area contributed by atoms with Crippen LogP contribution in [0.25, 0.3) is 0 Å². The summed E-state index contributed by atoms with van der Waals surface area (Å²) in [5.41, 5.74) is 2.88. The van der Waals surface area contributed by atoms with Crippen LogP contribution in [0.15, 0.2) is 18.2 Å². The molecule has 2 aromatic rings. The van der Waals surface area contributed by atoms with Gasteiger partial charge in [0.1, 0.15) is 12.4 Å². The van der Waals surface area contributed by atoms with Crippen LogP contribution in [0.1, 0.15) is 32.1 Å². The van der Waals surface area contributed by atoms with Gasteiger partial charge in [-0.1, -0.05) is 11.6 Å². The maximum absolute atomic E-state index is 12.1. The topological polar surface area (TPSA) is 110 Å². The van der Waals surface area contributed by atoms with Crippen LogP contribution in [0.2, 0.25) is 5.02 Å². The quantitative estimate of drug-likeness (QED) is 0.437. The Hall–Kier alpha value is -2.84. The number of rotatable bonds is 9. The Balaban J connectivity index is 1.36. The van der Waals surface area contributed by atoms with Crippen molar-refractivity contribution in [1.29, 1.82) is 0 Å². The van der Waals surface area contributed by atoms with Gasteiger partial charge in [0, 0.05) is 17.9 Å². The molecule has 0 atom stereocenters. The van der Waals surface area contributed by atoms with Gasteiger partial charge in [-0.05, 0) is 30.7 Å². The second kappa shape index (κ2) is 8.90. The molecule has 0 aliphatic carbocycles. The number of aldehydes is 1. The molecule has 0 bridgehead atoms. The molecule has 0 unspecified atom stereocenters. The van der Waals surface area contributed by atoms with Crippen molar-refractivity contribution < 1.29 is 23.9 Å². The molecule has 2 heterocycles. The van der Waals surface area contributed by atoms with Crippen molar-refractivity contribution >= 4 is 35.4 Å². The Bertz CT molecular complexity index is 909. The lowest BCUT2D eigenvalue weighted by Gasteiger charge is -2.10. The number of hydrogen-bond acceptors (Lipinski definition) is 5. The molecule has 3 N–H and O–H groups in total. The van der Waals surface area contributed by atoms with Gasteiger partial charge in [0.05, 0.1) is 35.9 Å². The van der Waals surface area contributed by atoms with Crippen molar-refractivity contribution in [1.82, 2.24) is 10.3 Å². The zero-order valence-corrected chi connectivity index (χ0v) is 16.0. The van der Waals surface area contributed by atoms with Crippen molar-refractivity contribution in [3.8, 4) is 5.75 Å². The minimum absolute atomic E-state index is 0.0661. The molecule has 28 heavy (non-hydrogen) atoms. The first-order valence-corrected chi connectivity index (χ1v) is 9.11. The normalized spacial score (nSPS) is 12.4. The number of ether oxygens (including phenoxy) is 2. The van der Waals surface area contributed by atoms with E-state index in [1.54, 1.807) is 25.1 Å². The maximum Gasteiger partial charge on any atom is 0.253 e. The highest BCUT2D eigenvalue weighted by atomic mass is 35.5. The average Bonchev–Trinajstić information content (AvgIpc) is 3.21.